The quantitative estimate of drug-likeness (QED) is 0.595. The molecule has 1 fully saturated rings. The van der Waals surface area contributed by atoms with Crippen LogP contribution in [0.5, 0.6) is 0 Å². The number of Topliss-reactive ketones (excluding diaryl/α,β-unsaturated/α-hetero) is 1. The van der Waals surface area contributed by atoms with Crippen molar-refractivity contribution in [2.75, 3.05) is 18.0 Å². The molecule has 0 aliphatic carbocycles. The van der Waals surface area contributed by atoms with Gasteiger partial charge in [0.05, 0.1) is 16.4 Å². The number of benzene rings is 1. The molecule has 1 saturated heterocycles. The topological polar surface area (TPSA) is 81.0 Å². The van der Waals surface area contributed by atoms with Crippen LogP contribution in [-0.4, -0.2) is 38.4 Å². The molecule has 0 amide bonds. The van der Waals surface area contributed by atoms with Gasteiger partial charge in [-0.3, -0.25) is 14.2 Å². The van der Waals surface area contributed by atoms with Gasteiger partial charge in [0.1, 0.15) is 12.1 Å². The van der Waals surface area contributed by atoms with Crippen molar-refractivity contribution in [2.24, 2.45) is 13.0 Å². The number of hydrogen-bond acceptors (Lipinski definition) is 6. The Morgan fingerprint density at radius 3 is 2.80 bits per heavy atom. The van der Waals surface area contributed by atoms with Crippen molar-refractivity contribution in [3.05, 3.63) is 69.6 Å². The third-order valence-corrected chi connectivity index (χ3v) is 5.54. The van der Waals surface area contributed by atoms with E-state index in [1.165, 1.54) is 35.2 Å². The molecule has 30 heavy (non-hydrogen) atoms. The molecular formula is C21H19ClFN5O2. The second-order valence-electron chi connectivity index (χ2n) is 7.21. The van der Waals surface area contributed by atoms with Crippen molar-refractivity contribution in [2.45, 2.75) is 12.8 Å². The van der Waals surface area contributed by atoms with E-state index in [2.05, 4.69) is 15.0 Å². The predicted octanol–water partition coefficient (Wildman–Crippen LogP) is 3.13. The van der Waals surface area contributed by atoms with Crippen molar-refractivity contribution >= 4 is 23.3 Å². The monoisotopic (exact) mass is 427 g/mol. The number of carbonyl (C=O) groups is 1. The van der Waals surface area contributed by atoms with Crippen LogP contribution in [0, 0.1) is 11.7 Å². The average Bonchev–Trinajstić information content (AvgIpc) is 2.77. The second kappa shape index (κ2) is 8.31. The summed E-state index contributed by atoms with van der Waals surface area (Å²) in [5.74, 6) is -0.626. The lowest BCUT2D eigenvalue weighted by Gasteiger charge is -2.33. The molecule has 154 valence electrons. The van der Waals surface area contributed by atoms with Crippen LogP contribution in [0.3, 0.4) is 0 Å². The molecule has 3 heterocycles. The molecule has 1 atom stereocenters. The third kappa shape index (κ3) is 3.95. The number of aromatic nitrogens is 4. The van der Waals surface area contributed by atoms with E-state index in [-0.39, 0.29) is 22.3 Å². The van der Waals surface area contributed by atoms with Gasteiger partial charge < -0.3 is 4.90 Å². The van der Waals surface area contributed by atoms with Crippen LogP contribution in [0.2, 0.25) is 5.02 Å². The fraction of sp³-hybridized carbons (Fsp3) is 0.286. The summed E-state index contributed by atoms with van der Waals surface area (Å²) in [7, 11) is 1.65. The first-order valence-electron chi connectivity index (χ1n) is 9.52. The highest BCUT2D eigenvalue weighted by molar-refractivity contribution is 6.30. The van der Waals surface area contributed by atoms with E-state index < -0.39 is 5.82 Å². The third-order valence-electron chi connectivity index (χ3n) is 5.23. The summed E-state index contributed by atoms with van der Waals surface area (Å²) in [6.45, 7) is 1.04. The molecule has 7 nitrogen and oxygen atoms in total. The Morgan fingerprint density at radius 2 is 2.07 bits per heavy atom. The zero-order valence-corrected chi connectivity index (χ0v) is 17.0. The number of rotatable bonds is 4. The maximum atomic E-state index is 13.8. The molecule has 0 bridgehead atoms. The number of ketones is 1. The Kier molecular flexibility index (Phi) is 5.59. The summed E-state index contributed by atoms with van der Waals surface area (Å²) < 4.78 is 15.3. The molecule has 0 radical (unpaired) electrons. The van der Waals surface area contributed by atoms with E-state index >= 15 is 0 Å². The molecular weight excluding hydrogens is 409 g/mol. The largest absolute Gasteiger partial charge is 0.341 e. The molecule has 9 heteroatoms. The van der Waals surface area contributed by atoms with Crippen molar-refractivity contribution in [3.8, 4) is 11.4 Å². The van der Waals surface area contributed by atoms with E-state index in [4.69, 9.17) is 11.6 Å². The van der Waals surface area contributed by atoms with Gasteiger partial charge in [0, 0.05) is 43.9 Å². The average molecular weight is 428 g/mol. The fourth-order valence-corrected chi connectivity index (χ4v) is 3.76. The van der Waals surface area contributed by atoms with Gasteiger partial charge in [-0.1, -0.05) is 11.6 Å². The van der Waals surface area contributed by atoms with Crippen LogP contribution < -0.4 is 10.5 Å². The Bertz CT molecular complexity index is 1150. The minimum absolute atomic E-state index is 0.0162. The highest BCUT2D eigenvalue weighted by atomic mass is 35.5. The Balaban J connectivity index is 1.63. The number of piperidine rings is 1. The van der Waals surface area contributed by atoms with Crippen LogP contribution >= 0.6 is 11.6 Å². The normalized spacial score (nSPS) is 16.5. The highest BCUT2D eigenvalue weighted by Gasteiger charge is 2.29. The van der Waals surface area contributed by atoms with Crippen molar-refractivity contribution in [1.29, 1.82) is 0 Å². The number of carbonyl (C=O) groups excluding carboxylic acids is 1. The van der Waals surface area contributed by atoms with Gasteiger partial charge in [0.15, 0.2) is 5.78 Å². The van der Waals surface area contributed by atoms with Crippen molar-refractivity contribution in [1.82, 2.24) is 19.5 Å². The maximum Gasteiger partial charge on any atom is 0.255 e. The van der Waals surface area contributed by atoms with E-state index in [9.17, 15) is 14.0 Å². The van der Waals surface area contributed by atoms with Gasteiger partial charge in [-0.2, -0.15) is 0 Å². The zero-order valence-electron chi connectivity index (χ0n) is 16.3. The summed E-state index contributed by atoms with van der Waals surface area (Å²) in [6.07, 6.45) is 4.41. The second-order valence-corrected chi connectivity index (χ2v) is 7.62. The fourth-order valence-electron chi connectivity index (χ4n) is 3.64. The lowest BCUT2D eigenvalue weighted by Crippen LogP contribution is -2.42. The summed E-state index contributed by atoms with van der Waals surface area (Å²) in [5, 5.41) is -0.0162. The summed E-state index contributed by atoms with van der Waals surface area (Å²) in [6, 6.07) is 7.21. The van der Waals surface area contributed by atoms with Crippen molar-refractivity contribution in [3.63, 3.8) is 0 Å². The first-order chi connectivity index (χ1) is 14.4. The van der Waals surface area contributed by atoms with Gasteiger partial charge in [-0.15, -0.1) is 0 Å². The number of anilines is 1. The summed E-state index contributed by atoms with van der Waals surface area (Å²) in [5.41, 5.74) is 1.07. The van der Waals surface area contributed by atoms with Crippen LogP contribution in [0.25, 0.3) is 11.4 Å². The molecule has 1 unspecified atom stereocenters. The minimum Gasteiger partial charge on any atom is -0.341 e. The van der Waals surface area contributed by atoms with Gasteiger partial charge in [-0.05, 0) is 37.1 Å². The lowest BCUT2D eigenvalue weighted by molar-refractivity contribution is 0.0906. The highest BCUT2D eigenvalue weighted by Crippen LogP contribution is 2.26. The predicted molar refractivity (Wildman–Crippen MR) is 111 cm³/mol. The Morgan fingerprint density at radius 1 is 1.23 bits per heavy atom. The molecule has 1 aromatic carbocycles. The Labute approximate surface area is 177 Å². The van der Waals surface area contributed by atoms with Gasteiger partial charge in [-0.25, -0.2) is 19.3 Å². The number of halogens is 2. The van der Waals surface area contributed by atoms with E-state index in [1.807, 2.05) is 4.90 Å². The molecule has 0 saturated carbocycles. The summed E-state index contributed by atoms with van der Waals surface area (Å²) >= 11 is 5.73. The molecule has 3 aromatic rings. The van der Waals surface area contributed by atoms with Crippen LogP contribution in [-0.2, 0) is 7.05 Å². The van der Waals surface area contributed by atoms with Crippen LogP contribution in [0.1, 0.15) is 23.2 Å². The maximum absolute atomic E-state index is 13.8. The summed E-state index contributed by atoms with van der Waals surface area (Å²) in [4.78, 5) is 40.1. The minimum atomic E-state index is -0.614. The number of nitrogens with zero attached hydrogens (tertiary/aromatic N) is 5. The number of hydrogen-bond donors (Lipinski definition) is 0. The van der Waals surface area contributed by atoms with E-state index in [1.54, 1.807) is 19.3 Å². The lowest BCUT2D eigenvalue weighted by atomic mass is 9.90. The molecule has 2 aromatic heterocycles. The smallest absolute Gasteiger partial charge is 0.255 e. The first-order valence-corrected chi connectivity index (χ1v) is 9.90. The molecule has 0 N–H and O–H groups in total. The zero-order chi connectivity index (χ0) is 21.3. The molecule has 4 rings (SSSR count). The van der Waals surface area contributed by atoms with Crippen LogP contribution in [0.15, 0.2) is 47.7 Å². The molecule has 1 aliphatic heterocycles. The standard InChI is InChI=1S/C21H19ClFN5O2/c1-27-19(29)10-18(17-6-7-24-12-25-17)26-21(27)28-8-2-3-14(11-28)20(30)13-4-5-15(22)16(23)9-13/h4-7,9-10,12,14H,2-3,8,11H2,1H3. The molecule has 0 spiro atoms. The van der Waals surface area contributed by atoms with Crippen molar-refractivity contribution < 1.29 is 9.18 Å². The van der Waals surface area contributed by atoms with Gasteiger partial charge in [0.2, 0.25) is 5.95 Å². The van der Waals surface area contributed by atoms with Crippen LogP contribution in [0.4, 0.5) is 10.3 Å². The Hall–Kier alpha value is -3.13. The molecule has 1 aliphatic rings. The first kappa shape index (κ1) is 20.2. The van der Waals surface area contributed by atoms with Gasteiger partial charge in [0.25, 0.3) is 5.56 Å². The van der Waals surface area contributed by atoms with Gasteiger partial charge >= 0.3 is 0 Å². The van der Waals surface area contributed by atoms with E-state index in [0.717, 1.165) is 6.42 Å². The van der Waals surface area contributed by atoms with E-state index in [0.29, 0.717) is 42.4 Å². The SMILES string of the molecule is Cn1c(N2CCCC(C(=O)c3ccc(Cl)c(F)c3)C2)nc(-c2ccncn2)cc1=O.